The Bertz CT molecular complexity index is 504. The molecular weight excluding hydrogens is 254 g/mol. The lowest BCUT2D eigenvalue weighted by Gasteiger charge is -2.28. The molecule has 0 saturated heterocycles. The number of aryl methyl sites for hydroxylation is 2. The normalized spacial score (nSPS) is 25.3. The van der Waals surface area contributed by atoms with Gasteiger partial charge in [-0.25, -0.2) is 13.1 Å². The van der Waals surface area contributed by atoms with Gasteiger partial charge in [0, 0.05) is 12.1 Å². The summed E-state index contributed by atoms with van der Waals surface area (Å²) in [7, 11) is -3.60. The van der Waals surface area contributed by atoms with Crippen molar-refractivity contribution in [3.8, 4) is 0 Å². The van der Waals surface area contributed by atoms with Crippen LogP contribution in [0, 0.1) is 13.8 Å². The molecule has 2 atom stereocenters. The molecule has 0 spiro atoms. The van der Waals surface area contributed by atoms with Crippen LogP contribution in [0.1, 0.15) is 37.1 Å². The summed E-state index contributed by atoms with van der Waals surface area (Å²) in [6.45, 7) is 3.21. The van der Waals surface area contributed by atoms with Gasteiger partial charge < -0.3 is 10.3 Å². The zero-order valence-corrected chi connectivity index (χ0v) is 11.5. The molecule has 18 heavy (non-hydrogen) atoms. The van der Waals surface area contributed by atoms with E-state index in [0.717, 1.165) is 25.7 Å². The zero-order valence-electron chi connectivity index (χ0n) is 10.6. The molecule has 1 heterocycles. The Morgan fingerprint density at radius 3 is 2.56 bits per heavy atom. The van der Waals surface area contributed by atoms with Gasteiger partial charge in [-0.15, -0.1) is 0 Å². The fourth-order valence-electron chi connectivity index (χ4n) is 2.42. The van der Waals surface area contributed by atoms with Crippen molar-refractivity contribution < 1.29 is 12.9 Å². The molecule has 102 valence electrons. The van der Waals surface area contributed by atoms with Crippen LogP contribution in [0.5, 0.6) is 0 Å². The highest BCUT2D eigenvalue weighted by atomic mass is 32.2. The Kier molecular flexibility index (Phi) is 3.74. The van der Waals surface area contributed by atoms with E-state index in [1.807, 2.05) is 0 Å². The van der Waals surface area contributed by atoms with Gasteiger partial charge >= 0.3 is 0 Å². The first-order valence-corrected chi connectivity index (χ1v) is 7.61. The molecule has 1 aliphatic rings. The first kappa shape index (κ1) is 13.5. The number of hydrogen-bond donors (Lipinski definition) is 2. The third-order valence-electron chi connectivity index (χ3n) is 3.36. The van der Waals surface area contributed by atoms with Gasteiger partial charge in [0.1, 0.15) is 10.6 Å². The molecular formula is C11H19N3O3S. The summed E-state index contributed by atoms with van der Waals surface area (Å²) >= 11 is 0. The van der Waals surface area contributed by atoms with Crippen LogP contribution in [0.4, 0.5) is 0 Å². The molecule has 0 unspecified atom stereocenters. The van der Waals surface area contributed by atoms with Gasteiger partial charge in [-0.1, -0.05) is 18.0 Å². The fraction of sp³-hybridized carbons (Fsp3) is 0.727. The molecule has 1 aliphatic carbocycles. The standard InChI is InChI=1S/C11H19N3O3S/c1-7-11(8(2)17-13-7)18(15,16)14-10-6-4-3-5-9(10)12/h9-10,14H,3-6,12H2,1-2H3/t9-,10-/m1/s1. The monoisotopic (exact) mass is 273 g/mol. The Labute approximate surface area is 107 Å². The number of nitrogens with zero attached hydrogens (tertiary/aromatic N) is 1. The van der Waals surface area contributed by atoms with E-state index in [1.54, 1.807) is 13.8 Å². The summed E-state index contributed by atoms with van der Waals surface area (Å²) in [6, 6.07) is -0.313. The van der Waals surface area contributed by atoms with Crippen LogP contribution in [0.3, 0.4) is 0 Å². The summed E-state index contributed by atoms with van der Waals surface area (Å²) in [4.78, 5) is 0.139. The minimum Gasteiger partial charge on any atom is -0.360 e. The second-order valence-corrected chi connectivity index (χ2v) is 6.48. The van der Waals surface area contributed by atoms with Crippen LogP contribution in [0.15, 0.2) is 9.42 Å². The van der Waals surface area contributed by atoms with E-state index in [0.29, 0.717) is 11.5 Å². The van der Waals surface area contributed by atoms with Gasteiger partial charge in [-0.3, -0.25) is 0 Å². The van der Waals surface area contributed by atoms with E-state index in [-0.39, 0.29) is 17.0 Å². The van der Waals surface area contributed by atoms with Gasteiger partial charge in [0.2, 0.25) is 10.0 Å². The van der Waals surface area contributed by atoms with Crippen LogP contribution in [-0.4, -0.2) is 25.7 Å². The smallest absolute Gasteiger partial charge is 0.246 e. The molecule has 1 aromatic rings. The van der Waals surface area contributed by atoms with Gasteiger partial charge in [0.25, 0.3) is 0 Å². The lowest BCUT2D eigenvalue weighted by atomic mass is 9.92. The van der Waals surface area contributed by atoms with Crippen molar-refractivity contribution in [2.45, 2.75) is 56.5 Å². The molecule has 2 rings (SSSR count). The summed E-state index contributed by atoms with van der Waals surface area (Å²) in [5.74, 6) is 0.310. The molecule has 1 saturated carbocycles. The molecule has 0 aliphatic heterocycles. The van der Waals surface area contributed by atoms with Crippen molar-refractivity contribution in [3.63, 3.8) is 0 Å². The summed E-state index contributed by atoms with van der Waals surface area (Å²) < 4.78 is 32.1. The molecule has 6 nitrogen and oxygen atoms in total. The Morgan fingerprint density at radius 1 is 1.33 bits per heavy atom. The van der Waals surface area contributed by atoms with Crippen LogP contribution in [-0.2, 0) is 10.0 Å². The molecule has 0 amide bonds. The van der Waals surface area contributed by atoms with E-state index in [2.05, 4.69) is 9.88 Å². The quantitative estimate of drug-likeness (QED) is 0.850. The third-order valence-corrected chi connectivity index (χ3v) is 5.10. The molecule has 3 N–H and O–H groups in total. The van der Waals surface area contributed by atoms with Crippen molar-refractivity contribution in [3.05, 3.63) is 11.5 Å². The number of sulfonamides is 1. The van der Waals surface area contributed by atoms with Gasteiger partial charge in [-0.2, -0.15) is 0 Å². The molecule has 0 bridgehead atoms. The average molecular weight is 273 g/mol. The second-order valence-electron chi connectivity index (χ2n) is 4.83. The Balaban J connectivity index is 2.22. The second kappa shape index (κ2) is 4.99. The SMILES string of the molecule is Cc1noc(C)c1S(=O)(=O)N[C@@H]1CCCC[C@H]1N. The fourth-order valence-corrected chi connectivity index (χ4v) is 4.07. The molecule has 1 aromatic heterocycles. The summed E-state index contributed by atoms with van der Waals surface area (Å²) in [5, 5.41) is 3.67. The van der Waals surface area contributed by atoms with E-state index < -0.39 is 10.0 Å². The summed E-state index contributed by atoms with van der Waals surface area (Å²) in [6.07, 6.45) is 3.70. The van der Waals surface area contributed by atoms with Gasteiger partial charge in [-0.05, 0) is 26.7 Å². The van der Waals surface area contributed by atoms with Crippen molar-refractivity contribution in [2.75, 3.05) is 0 Å². The highest BCUT2D eigenvalue weighted by Crippen LogP contribution is 2.22. The van der Waals surface area contributed by atoms with Crippen LogP contribution >= 0.6 is 0 Å². The minimum absolute atomic E-state index is 0.117. The van der Waals surface area contributed by atoms with Crippen molar-refractivity contribution in [2.24, 2.45) is 5.73 Å². The van der Waals surface area contributed by atoms with E-state index in [9.17, 15) is 8.42 Å². The highest BCUT2D eigenvalue weighted by molar-refractivity contribution is 7.89. The van der Waals surface area contributed by atoms with Crippen molar-refractivity contribution >= 4 is 10.0 Å². The van der Waals surface area contributed by atoms with E-state index in [4.69, 9.17) is 10.3 Å². The Hall–Kier alpha value is -0.920. The predicted octanol–water partition coefficient (Wildman–Crippen LogP) is 0.840. The van der Waals surface area contributed by atoms with Gasteiger partial charge in [0.05, 0.1) is 0 Å². The minimum atomic E-state index is -3.60. The van der Waals surface area contributed by atoms with Crippen LogP contribution < -0.4 is 10.5 Å². The number of nitrogens with one attached hydrogen (secondary N) is 1. The first-order valence-electron chi connectivity index (χ1n) is 6.12. The average Bonchev–Trinajstić information content (AvgIpc) is 2.62. The maximum absolute atomic E-state index is 12.3. The third kappa shape index (κ3) is 2.57. The molecule has 1 fully saturated rings. The lowest BCUT2D eigenvalue weighted by Crippen LogP contribution is -2.49. The molecule has 7 heteroatoms. The molecule has 0 aromatic carbocycles. The Morgan fingerprint density at radius 2 is 2.00 bits per heavy atom. The van der Waals surface area contributed by atoms with Crippen LogP contribution in [0.2, 0.25) is 0 Å². The van der Waals surface area contributed by atoms with Crippen molar-refractivity contribution in [1.82, 2.24) is 9.88 Å². The highest BCUT2D eigenvalue weighted by Gasteiger charge is 2.30. The van der Waals surface area contributed by atoms with Crippen LogP contribution in [0.25, 0.3) is 0 Å². The van der Waals surface area contributed by atoms with Gasteiger partial charge in [0.15, 0.2) is 5.76 Å². The van der Waals surface area contributed by atoms with Crippen molar-refractivity contribution in [1.29, 1.82) is 0 Å². The number of nitrogens with two attached hydrogens (primary N) is 1. The van der Waals surface area contributed by atoms with E-state index >= 15 is 0 Å². The molecule has 0 radical (unpaired) electrons. The number of aromatic nitrogens is 1. The zero-order chi connectivity index (χ0) is 13.3. The maximum Gasteiger partial charge on any atom is 0.246 e. The largest absolute Gasteiger partial charge is 0.360 e. The number of rotatable bonds is 3. The number of hydrogen-bond acceptors (Lipinski definition) is 5. The summed E-state index contributed by atoms with van der Waals surface area (Å²) in [5.41, 5.74) is 6.33. The first-order chi connectivity index (χ1) is 8.42. The lowest BCUT2D eigenvalue weighted by molar-refractivity contribution is 0.360. The van der Waals surface area contributed by atoms with E-state index in [1.165, 1.54) is 0 Å². The maximum atomic E-state index is 12.3. The predicted molar refractivity (Wildman–Crippen MR) is 66.5 cm³/mol. The topological polar surface area (TPSA) is 98.2 Å².